The maximum Gasteiger partial charge on any atom is 0.303 e. The predicted molar refractivity (Wildman–Crippen MR) is 108 cm³/mol. The van der Waals surface area contributed by atoms with E-state index in [-0.39, 0.29) is 6.42 Å². The largest absolute Gasteiger partial charge is 0.481 e. The Kier molecular flexibility index (Phi) is 16.2. The summed E-state index contributed by atoms with van der Waals surface area (Å²) < 4.78 is 0. The van der Waals surface area contributed by atoms with Crippen molar-refractivity contribution in [2.24, 2.45) is 0 Å². The number of rotatable bonds is 14. The molecular weight excluding hydrogens is 328 g/mol. The molecule has 0 spiro atoms. The molecule has 0 aromatic rings. The van der Waals surface area contributed by atoms with Crippen LogP contribution < -0.4 is 0 Å². The average molecular weight is 360 g/mol. The maximum absolute atomic E-state index is 10.3. The molecule has 0 saturated carbocycles. The van der Waals surface area contributed by atoms with Crippen LogP contribution in [0.5, 0.6) is 0 Å². The van der Waals surface area contributed by atoms with Gasteiger partial charge in [0.1, 0.15) is 0 Å². The molecule has 0 aliphatic heterocycles. The second-order valence-electron chi connectivity index (χ2n) is 5.75. The van der Waals surface area contributed by atoms with Crippen molar-refractivity contribution >= 4 is 5.97 Å². The number of carboxylic acid groups (broad SMARTS) is 1. The molecule has 26 heavy (non-hydrogen) atoms. The Bertz CT molecular complexity index is 524. The summed E-state index contributed by atoms with van der Waals surface area (Å²) in [5, 5.41) is 28.0. The lowest BCUT2D eigenvalue weighted by atomic mass is 10.2. The molecule has 0 aromatic heterocycles. The van der Waals surface area contributed by atoms with Crippen molar-refractivity contribution in [2.75, 3.05) is 0 Å². The van der Waals surface area contributed by atoms with Crippen LogP contribution in [0.3, 0.4) is 0 Å². The summed E-state index contributed by atoms with van der Waals surface area (Å²) in [5.74, 6) is -0.787. The Labute approximate surface area is 157 Å². The standard InChI is InChI=1S/C22H32O4/c1-2-3-10-15-20(23)17-12-8-9-13-18-21(24)16-11-6-4-5-7-14-19-22(25)26/h3,5-13,17-18,20-21,23-24H,2,4,14-16,19H2,1H3,(H,25,26)/b7-5-,9-8-,10-3-,11-6-,17-12+,18-13+/t20-,21+/m0/s1. The number of aliphatic hydroxyl groups is 2. The lowest BCUT2D eigenvalue weighted by Gasteiger charge is -1.99. The van der Waals surface area contributed by atoms with Gasteiger partial charge in [0, 0.05) is 6.42 Å². The molecule has 4 nitrogen and oxygen atoms in total. The maximum atomic E-state index is 10.3. The molecule has 0 radical (unpaired) electrons. The van der Waals surface area contributed by atoms with E-state index in [1.54, 1.807) is 24.3 Å². The van der Waals surface area contributed by atoms with Gasteiger partial charge in [-0.05, 0) is 32.1 Å². The fourth-order valence-corrected chi connectivity index (χ4v) is 1.90. The van der Waals surface area contributed by atoms with E-state index in [0.717, 1.165) is 12.8 Å². The van der Waals surface area contributed by atoms with Gasteiger partial charge in [0.15, 0.2) is 0 Å². The molecule has 0 unspecified atom stereocenters. The van der Waals surface area contributed by atoms with E-state index in [1.807, 2.05) is 48.6 Å². The third-order valence-electron chi connectivity index (χ3n) is 3.29. The number of carbonyl (C=O) groups is 1. The molecule has 4 heteroatoms. The molecular formula is C22H32O4. The Morgan fingerprint density at radius 1 is 0.808 bits per heavy atom. The zero-order valence-corrected chi connectivity index (χ0v) is 15.6. The number of aliphatic carboxylic acids is 1. The van der Waals surface area contributed by atoms with Crippen LogP contribution in [-0.2, 0) is 4.79 Å². The van der Waals surface area contributed by atoms with Gasteiger partial charge in [0.25, 0.3) is 0 Å². The van der Waals surface area contributed by atoms with Crippen LogP contribution in [0.25, 0.3) is 0 Å². The molecule has 0 aliphatic carbocycles. The minimum absolute atomic E-state index is 0.154. The number of aliphatic hydroxyl groups excluding tert-OH is 2. The monoisotopic (exact) mass is 360 g/mol. The first-order valence-electron chi connectivity index (χ1n) is 9.10. The van der Waals surface area contributed by atoms with E-state index < -0.39 is 18.2 Å². The highest BCUT2D eigenvalue weighted by Gasteiger charge is 1.94. The summed E-state index contributed by atoms with van der Waals surface area (Å²) in [6.45, 7) is 2.06. The van der Waals surface area contributed by atoms with Gasteiger partial charge < -0.3 is 15.3 Å². The predicted octanol–water partition coefficient (Wildman–Crippen LogP) is 4.49. The zero-order chi connectivity index (χ0) is 19.5. The van der Waals surface area contributed by atoms with Crippen LogP contribution in [0, 0.1) is 0 Å². The van der Waals surface area contributed by atoms with E-state index in [1.165, 1.54) is 0 Å². The summed E-state index contributed by atoms with van der Waals surface area (Å²) in [6, 6.07) is 0. The zero-order valence-electron chi connectivity index (χ0n) is 15.6. The molecule has 3 N–H and O–H groups in total. The summed E-state index contributed by atoms with van der Waals surface area (Å²) in [7, 11) is 0. The first-order chi connectivity index (χ1) is 12.6. The highest BCUT2D eigenvalue weighted by atomic mass is 16.4. The second-order valence-corrected chi connectivity index (χ2v) is 5.75. The van der Waals surface area contributed by atoms with Crippen LogP contribution in [0.2, 0.25) is 0 Å². The van der Waals surface area contributed by atoms with Gasteiger partial charge in [-0.1, -0.05) is 79.8 Å². The molecule has 0 heterocycles. The molecule has 0 amide bonds. The average Bonchev–Trinajstić information content (AvgIpc) is 2.60. The normalized spacial score (nSPS) is 15.5. The van der Waals surface area contributed by atoms with Crippen molar-refractivity contribution in [2.45, 2.75) is 57.7 Å². The van der Waals surface area contributed by atoms with Crippen molar-refractivity contribution in [3.05, 3.63) is 72.9 Å². The minimum atomic E-state index is -0.787. The van der Waals surface area contributed by atoms with Crippen molar-refractivity contribution < 1.29 is 20.1 Å². The number of allylic oxidation sites excluding steroid dienone is 8. The van der Waals surface area contributed by atoms with Crippen LogP contribution in [-0.4, -0.2) is 33.5 Å². The Hall–Kier alpha value is -2.17. The highest BCUT2D eigenvalue weighted by Crippen LogP contribution is 2.00. The molecule has 0 aromatic carbocycles. The van der Waals surface area contributed by atoms with Gasteiger partial charge in [-0.3, -0.25) is 4.79 Å². The second kappa shape index (κ2) is 17.6. The molecule has 144 valence electrons. The van der Waals surface area contributed by atoms with Gasteiger partial charge in [0.05, 0.1) is 12.2 Å². The smallest absolute Gasteiger partial charge is 0.303 e. The third-order valence-corrected chi connectivity index (χ3v) is 3.29. The van der Waals surface area contributed by atoms with E-state index in [4.69, 9.17) is 5.11 Å². The molecule has 0 rings (SSSR count). The van der Waals surface area contributed by atoms with Crippen LogP contribution in [0.4, 0.5) is 0 Å². The van der Waals surface area contributed by atoms with E-state index in [9.17, 15) is 15.0 Å². The molecule has 0 bridgehead atoms. The number of carboxylic acids is 1. The summed E-state index contributed by atoms with van der Waals surface area (Å²) in [4.78, 5) is 10.3. The topological polar surface area (TPSA) is 77.8 Å². The Morgan fingerprint density at radius 2 is 1.35 bits per heavy atom. The molecule has 0 saturated heterocycles. The summed E-state index contributed by atoms with van der Waals surface area (Å²) in [5.41, 5.74) is 0. The van der Waals surface area contributed by atoms with Crippen molar-refractivity contribution in [3.8, 4) is 0 Å². The Morgan fingerprint density at radius 3 is 1.88 bits per heavy atom. The molecule has 0 aliphatic rings. The fraction of sp³-hybridized carbons (Fsp3) is 0.409. The van der Waals surface area contributed by atoms with E-state index in [0.29, 0.717) is 19.3 Å². The summed E-state index contributed by atoms with van der Waals surface area (Å²) >= 11 is 0. The lowest BCUT2D eigenvalue weighted by molar-refractivity contribution is -0.136. The van der Waals surface area contributed by atoms with E-state index >= 15 is 0 Å². The molecule has 2 atom stereocenters. The van der Waals surface area contributed by atoms with Gasteiger partial charge in [0.2, 0.25) is 0 Å². The van der Waals surface area contributed by atoms with Crippen molar-refractivity contribution in [3.63, 3.8) is 0 Å². The van der Waals surface area contributed by atoms with Crippen LogP contribution in [0.15, 0.2) is 72.9 Å². The number of hydrogen-bond acceptors (Lipinski definition) is 3. The van der Waals surface area contributed by atoms with Gasteiger partial charge in [-0.25, -0.2) is 0 Å². The SMILES string of the molecule is CC/C=C\C[C@H](O)/C=C/C=C\C=C\[C@H](O)C/C=C\C/C=C\CCC(=O)O. The van der Waals surface area contributed by atoms with Crippen LogP contribution >= 0.6 is 0 Å². The first-order valence-corrected chi connectivity index (χ1v) is 9.10. The van der Waals surface area contributed by atoms with Crippen molar-refractivity contribution in [1.82, 2.24) is 0 Å². The molecule has 0 fully saturated rings. The lowest BCUT2D eigenvalue weighted by Crippen LogP contribution is -1.98. The van der Waals surface area contributed by atoms with E-state index in [2.05, 4.69) is 6.92 Å². The quantitative estimate of drug-likeness (QED) is 0.315. The first kappa shape index (κ1) is 23.8. The number of hydrogen-bond donors (Lipinski definition) is 3. The van der Waals surface area contributed by atoms with Crippen LogP contribution in [0.1, 0.15) is 45.4 Å². The third kappa shape index (κ3) is 18.2. The van der Waals surface area contributed by atoms with Gasteiger partial charge in [-0.15, -0.1) is 0 Å². The fourth-order valence-electron chi connectivity index (χ4n) is 1.90. The van der Waals surface area contributed by atoms with Gasteiger partial charge in [-0.2, -0.15) is 0 Å². The summed E-state index contributed by atoms with van der Waals surface area (Å²) in [6.07, 6.45) is 24.8. The highest BCUT2D eigenvalue weighted by molar-refractivity contribution is 5.66. The van der Waals surface area contributed by atoms with Crippen molar-refractivity contribution in [1.29, 1.82) is 0 Å². The van der Waals surface area contributed by atoms with Gasteiger partial charge >= 0.3 is 5.97 Å². The minimum Gasteiger partial charge on any atom is -0.481 e. The Balaban J connectivity index is 3.87.